The maximum absolute atomic E-state index is 13.4. The highest BCUT2D eigenvalue weighted by atomic mass is 79.9. The van der Waals surface area contributed by atoms with Gasteiger partial charge in [-0.1, -0.05) is 6.08 Å². The van der Waals surface area contributed by atoms with Crippen LogP contribution < -0.4 is 5.32 Å². The average molecular weight is 290 g/mol. The van der Waals surface area contributed by atoms with Crippen LogP contribution in [0.3, 0.4) is 0 Å². The largest absolute Gasteiger partial charge is 0.380 e. The van der Waals surface area contributed by atoms with Crippen LogP contribution in [0, 0.1) is 11.6 Å². The van der Waals surface area contributed by atoms with E-state index in [-0.39, 0.29) is 16.2 Å². The van der Waals surface area contributed by atoms with E-state index in [1.807, 2.05) is 6.92 Å². The van der Waals surface area contributed by atoms with Gasteiger partial charge < -0.3 is 5.32 Å². The molecule has 4 heteroatoms. The quantitative estimate of drug-likeness (QED) is 0.622. The van der Waals surface area contributed by atoms with Crippen molar-refractivity contribution in [3.05, 3.63) is 40.9 Å². The van der Waals surface area contributed by atoms with Crippen LogP contribution in [0.1, 0.15) is 19.8 Å². The van der Waals surface area contributed by atoms with Crippen molar-refractivity contribution in [2.24, 2.45) is 0 Å². The second-order valence-electron chi connectivity index (χ2n) is 3.66. The molecule has 0 radical (unpaired) electrons. The fraction of sp³-hybridized carbons (Fsp3) is 0.333. The van der Waals surface area contributed by atoms with E-state index in [1.165, 1.54) is 0 Å². The Hall–Kier alpha value is -0.900. The molecule has 0 bridgehead atoms. The van der Waals surface area contributed by atoms with E-state index >= 15 is 0 Å². The van der Waals surface area contributed by atoms with Crippen LogP contribution in [0.5, 0.6) is 0 Å². The number of hydrogen-bond acceptors (Lipinski definition) is 1. The number of anilines is 1. The predicted molar refractivity (Wildman–Crippen MR) is 66.6 cm³/mol. The van der Waals surface area contributed by atoms with E-state index in [2.05, 4.69) is 27.8 Å². The molecule has 1 unspecified atom stereocenters. The van der Waals surface area contributed by atoms with E-state index in [0.717, 1.165) is 25.0 Å². The van der Waals surface area contributed by atoms with E-state index in [0.29, 0.717) is 0 Å². The SMILES string of the molecule is C=CCCC(C)Nc1cc(F)c(Br)cc1F. The third-order valence-electron chi connectivity index (χ3n) is 2.22. The summed E-state index contributed by atoms with van der Waals surface area (Å²) in [6.07, 6.45) is 3.48. The Morgan fingerprint density at radius 2 is 2.12 bits per heavy atom. The molecule has 0 saturated carbocycles. The zero-order valence-corrected chi connectivity index (χ0v) is 10.7. The molecule has 0 aliphatic heterocycles. The van der Waals surface area contributed by atoms with Crippen LogP contribution in [0.25, 0.3) is 0 Å². The molecule has 1 aromatic carbocycles. The van der Waals surface area contributed by atoms with Gasteiger partial charge in [-0.3, -0.25) is 0 Å². The molecule has 0 aromatic heterocycles. The minimum absolute atomic E-state index is 0.0769. The van der Waals surface area contributed by atoms with Crippen molar-refractivity contribution in [1.29, 1.82) is 0 Å². The van der Waals surface area contributed by atoms with Gasteiger partial charge in [0, 0.05) is 12.1 Å². The molecule has 16 heavy (non-hydrogen) atoms. The van der Waals surface area contributed by atoms with Crippen LogP contribution >= 0.6 is 15.9 Å². The maximum Gasteiger partial charge on any atom is 0.147 e. The highest BCUT2D eigenvalue weighted by Crippen LogP contribution is 2.24. The molecule has 0 saturated heterocycles. The Morgan fingerprint density at radius 3 is 2.75 bits per heavy atom. The van der Waals surface area contributed by atoms with Gasteiger partial charge >= 0.3 is 0 Å². The molecular formula is C12H14BrF2N. The third-order valence-corrected chi connectivity index (χ3v) is 2.82. The molecule has 1 nitrogen and oxygen atoms in total. The fourth-order valence-electron chi connectivity index (χ4n) is 1.34. The van der Waals surface area contributed by atoms with E-state index in [1.54, 1.807) is 6.08 Å². The lowest BCUT2D eigenvalue weighted by Crippen LogP contribution is -2.15. The zero-order chi connectivity index (χ0) is 12.1. The lowest BCUT2D eigenvalue weighted by atomic mass is 10.1. The molecule has 88 valence electrons. The van der Waals surface area contributed by atoms with E-state index < -0.39 is 11.6 Å². The van der Waals surface area contributed by atoms with Gasteiger partial charge in [-0.2, -0.15) is 0 Å². The summed E-state index contributed by atoms with van der Waals surface area (Å²) >= 11 is 2.93. The Balaban J connectivity index is 2.73. The highest BCUT2D eigenvalue weighted by Gasteiger charge is 2.10. The van der Waals surface area contributed by atoms with Crippen molar-refractivity contribution >= 4 is 21.6 Å². The van der Waals surface area contributed by atoms with E-state index in [9.17, 15) is 8.78 Å². The maximum atomic E-state index is 13.4. The number of rotatable bonds is 5. The molecule has 1 rings (SSSR count). The van der Waals surface area contributed by atoms with Crippen LogP contribution in [0.4, 0.5) is 14.5 Å². The summed E-state index contributed by atoms with van der Waals surface area (Å²) in [6.45, 7) is 5.53. The molecule has 0 aliphatic carbocycles. The van der Waals surface area contributed by atoms with Crippen LogP contribution in [0.15, 0.2) is 29.3 Å². The summed E-state index contributed by atoms with van der Waals surface area (Å²) in [7, 11) is 0. The molecule has 0 fully saturated rings. The first kappa shape index (κ1) is 13.2. The van der Waals surface area contributed by atoms with Gasteiger partial charge in [-0.05, 0) is 41.8 Å². The normalized spacial score (nSPS) is 12.2. The third kappa shape index (κ3) is 3.59. The van der Waals surface area contributed by atoms with Gasteiger partial charge in [-0.15, -0.1) is 6.58 Å². The van der Waals surface area contributed by atoms with Crippen molar-refractivity contribution in [3.63, 3.8) is 0 Å². The summed E-state index contributed by atoms with van der Waals surface area (Å²) in [5, 5.41) is 2.93. The Morgan fingerprint density at radius 1 is 1.44 bits per heavy atom. The zero-order valence-electron chi connectivity index (χ0n) is 9.06. The first-order valence-electron chi connectivity index (χ1n) is 5.06. The monoisotopic (exact) mass is 289 g/mol. The van der Waals surface area contributed by atoms with Crippen LogP contribution in [-0.2, 0) is 0 Å². The van der Waals surface area contributed by atoms with Gasteiger partial charge in [0.05, 0.1) is 10.2 Å². The molecular weight excluding hydrogens is 276 g/mol. The van der Waals surface area contributed by atoms with Gasteiger partial charge in [0.1, 0.15) is 11.6 Å². The first-order valence-corrected chi connectivity index (χ1v) is 5.86. The highest BCUT2D eigenvalue weighted by molar-refractivity contribution is 9.10. The number of allylic oxidation sites excluding steroid dienone is 1. The van der Waals surface area contributed by atoms with Crippen molar-refractivity contribution in [3.8, 4) is 0 Å². The molecule has 1 atom stereocenters. The van der Waals surface area contributed by atoms with E-state index in [4.69, 9.17) is 0 Å². The van der Waals surface area contributed by atoms with Gasteiger partial charge in [0.2, 0.25) is 0 Å². The van der Waals surface area contributed by atoms with Crippen molar-refractivity contribution in [2.45, 2.75) is 25.8 Å². The van der Waals surface area contributed by atoms with Crippen LogP contribution in [-0.4, -0.2) is 6.04 Å². The molecule has 0 spiro atoms. The Kier molecular flexibility index (Phi) is 4.93. The minimum Gasteiger partial charge on any atom is -0.380 e. The summed E-state index contributed by atoms with van der Waals surface area (Å²) in [6, 6.07) is 2.36. The molecule has 1 aromatic rings. The topological polar surface area (TPSA) is 12.0 Å². The lowest BCUT2D eigenvalue weighted by molar-refractivity contribution is 0.592. The standard InChI is InChI=1S/C12H14BrF2N/c1-3-4-5-8(2)16-12-7-10(14)9(13)6-11(12)15/h3,6-8,16H,1,4-5H2,2H3. The summed E-state index contributed by atoms with van der Waals surface area (Å²) < 4.78 is 26.8. The molecule has 0 heterocycles. The fourth-order valence-corrected chi connectivity index (χ4v) is 1.65. The minimum atomic E-state index is -0.472. The Labute approximate surface area is 103 Å². The van der Waals surface area contributed by atoms with Gasteiger partial charge in [0.25, 0.3) is 0 Å². The number of halogens is 3. The van der Waals surface area contributed by atoms with Crippen molar-refractivity contribution in [1.82, 2.24) is 0 Å². The smallest absolute Gasteiger partial charge is 0.147 e. The van der Waals surface area contributed by atoms with Crippen molar-refractivity contribution in [2.75, 3.05) is 5.32 Å². The molecule has 0 amide bonds. The van der Waals surface area contributed by atoms with Gasteiger partial charge in [-0.25, -0.2) is 8.78 Å². The average Bonchev–Trinajstić information content (AvgIpc) is 2.23. The second-order valence-corrected chi connectivity index (χ2v) is 4.51. The number of benzene rings is 1. The number of hydrogen-bond donors (Lipinski definition) is 1. The summed E-state index contributed by atoms with van der Waals surface area (Å²) in [5.41, 5.74) is 0.192. The Bertz CT molecular complexity index is 380. The summed E-state index contributed by atoms with van der Waals surface area (Å²) in [4.78, 5) is 0. The summed E-state index contributed by atoms with van der Waals surface area (Å²) in [5.74, 6) is -0.932. The molecule has 0 aliphatic rings. The first-order chi connectivity index (χ1) is 7.54. The van der Waals surface area contributed by atoms with Gasteiger partial charge in [0.15, 0.2) is 0 Å². The van der Waals surface area contributed by atoms with Crippen LogP contribution in [0.2, 0.25) is 0 Å². The molecule has 1 N–H and O–H groups in total. The second kappa shape index (κ2) is 5.99. The number of nitrogens with one attached hydrogen (secondary N) is 1. The lowest BCUT2D eigenvalue weighted by Gasteiger charge is -2.15. The van der Waals surface area contributed by atoms with Crippen molar-refractivity contribution < 1.29 is 8.78 Å². The predicted octanol–water partition coefficient (Wildman–Crippen LogP) is 4.49.